The Labute approximate surface area is 97.8 Å². The molecular formula is C13H21NO2. The summed E-state index contributed by atoms with van der Waals surface area (Å²) in [7, 11) is 3.40. The first kappa shape index (κ1) is 13.0. The molecule has 1 aromatic carbocycles. The predicted octanol–water partition coefficient (Wildman–Crippen LogP) is 2.31. The Balaban J connectivity index is 3.01. The highest BCUT2D eigenvalue weighted by Crippen LogP contribution is 2.29. The van der Waals surface area contributed by atoms with Gasteiger partial charge in [-0.15, -0.1) is 0 Å². The van der Waals surface area contributed by atoms with E-state index in [1.165, 1.54) is 22.3 Å². The maximum atomic E-state index is 5.49. The molecule has 0 fully saturated rings. The van der Waals surface area contributed by atoms with Crippen molar-refractivity contribution in [2.75, 3.05) is 21.0 Å². The minimum absolute atomic E-state index is 0.551. The van der Waals surface area contributed by atoms with Crippen molar-refractivity contribution in [3.8, 4) is 5.75 Å². The van der Waals surface area contributed by atoms with E-state index < -0.39 is 0 Å². The molecule has 0 spiro atoms. The topological polar surface area (TPSA) is 30.5 Å². The Morgan fingerprint density at radius 1 is 1.12 bits per heavy atom. The summed E-state index contributed by atoms with van der Waals surface area (Å²) >= 11 is 0. The van der Waals surface area contributed by atoms with Gasteiger partial charge in [-0.1, -0.05) is 6.07 Å². The number of benzene rings is 1. The van der Waals surface area contributed by atoms with Crippen molar-refractivity contribution >= 4 is 0 Å². The largest absolute Gasteiger partial charge is 0.496 e. The zero-order valence-corrected chi connectivity index (χ0v) is 10.8. The number of hydrogen-bond donors (Lipinski definition) is 1. The van der Waals surface area contributed by atoms with Crippen molar-refractivity contribution < 1.29 is 9.47 Å². The van der Waals surface area contributed by atoms with Crippen molar-refractivity contribution in [2.24, 2.45) is 0 Å². The molecule has 90 valence electrons. The van der Waals surface area contributed by atoms with Gasteiger partial charge >= 0.3 is 0 Å². The van der Waals surface area contributed by atoms with Crippen LogP contribution in [0, 0.1) is 20.8 Å². The average molecular weight is 223 g/mol. The van der Waals surface area contributed by atoms with Gasteiger partial charge in [-0.05, 0) is 37.5 Å². The quantitative estimate of drug-likeness (QED) is 0.614. The summed E-state index contributed by atoms with van der Waals surface area (Å²) in [5, 5.41) is 3.21. The fraction of sp³-hybridized carbons (Fsp3) is 0.538. The average Bonchev–Trinajstić information content (AvgIpc) is 2.26. The van der Waals surface area contributed by atoms with E-state index >= 15 is 0 Å². The predicted molar refractivity (Wildman–Crippen MR) is 65.9 cm³/mol. The van der Waals surface area contributed by atoms with Gasteiger partial charge in [0.25, 0.3) is 0 Å². The third-order valence-corrected chi connectivity index (χ3v) is 2.87. The van der Waals surface area contributed by atoms with Gasteiger partial charge in [0.2, 0.25) is 0 Å². The second kappa shape index (κ2) is 5.87. The number of aryl methyl sites for hydroxylation is 2. The number of methoxy groups -OCH3 is 2. The van der Waals surface area contributed by atoms with Gasteiger partial charge in [-0.25, -0.2) is 0 Å². The molecule has 3 nitrogen and oxygen atoms in total. The summed E-state index contributed by atoms with van der Waals surface area (Å²) in [5.74, 6) is 0.987. The van der Waals surface area contributed by atoms with Crippen molar-refractivity contribution in [1.29, 1.82) is 0 Å². The van der Waals surface area contributed by atoms with E-state index in [1.807, 2.05) is 0 Å². The third-order valence-electron chi connectivity index (χ3n) is 2.87. The van der Waals surface area contributed by atoms with Crippen LogP contribution in [-0.2, 0) is 11.3 Å². The highest BCUT2D eigenvalue weighted by molar-refractivity contribution is 5.49. The molecule has 0 saturated heterocycles. The van der Waals surface area contributed by atoms with Crippen molar-refractivity contribution in [2.45, 2.75) is 27.3 Å². The Morgan fingerprint density at radius 3 is 2.38 bits per heavy atom. The molecule has 0 heterocycles. The fourth-order valence-electron chi connectivity index (χ4n) is 1.88. The molecule has 1 N–H and O–H groups in total. The summed E-state index contributed by atoms with van der Waals surface area (Å²) in [5.41, 5.74) is 4.94. The SMILES string of the molecule is COCNCc1c(C)cc(C)c(C)c1OC. The van der Waals surface area contributed by atoms with Crippen LogP contribution in [0.1, 0.15) is 22.3 Å². The van der Waals surface area contributed by atoms with E-state index in [-0.39, 0.29) is 0 Å². The van der Waals surface area contributed by atoms with Gasteiger partial charge in [-0.2, -0.15) is 0 Å². The molecule has 16 heavy (non-hydrogen) atoms. The van der Waals surface area contributed by atoms with Gasteiger partial charge in [0.15, 0.2) is 0 Å². The zero-order valence-electron chi connectivity index (χ0n) is 10.8. The Hall–Kier alpha value is -1.06. The van der Waals surface area contributed by atoms with Gasteiger partial charge in [-0.3, -0.25) is 5.32 Å². The van der Waals surface area contributed by atoms with Crippen LogP contribution in [0.15, 0.2) is 6.07 Å². The molecule has 0 radical (unpaired) electrons. The minimum atomic E-state index is 0.551. The lowest BCUT2D eigenvalue weighted by Gasteiger charge is -2.16. The maximum Gasteiger partial charge on any atom is 0.126 e. The molecule has 1 rings (SSSR count). The molecule has 0 aliphatic carbocycles. The van der Waals surface area contributed by atoms with Crippen LogP contribution in [0.2, 0.25) is 0 Å². The summed E-state index contributed by atoms with van der Waals surface area (Å²) in [6.45, 7) is 7.63. The van der Waals surface area contributed by atoms with E-state index in [0.29, 0.717) is 6.73 Å². The number of hydrogen-bond acceptors (Lipinski definition) is 3. The van der Waals surface area contributed by atoms with Gasteiger partial charge < -0.3 is 9.47 Å². The Morgan fingerprint density at radius 2 is 1.81 bits per heavy atom. The third kappa shape index (κ3) is 2.74. The van der Waals surface area contributed by atoms with E-state index in [0.717, 1.165) is 12.3 Å². The maximum absolute atomic E-state index is 5.49. The molecule has 0 bridgehead atoms. The van der Waals surface area contributed by atoms with Crippen LogP contribution < -0.4 is 10.1 Å². The number of nitrogens with one attached hydrogen (secondary N) is 1. The molecule has 3 heteroatoms. The minimum Gasteiger partial charge on any atom is -0.496 e. The van der Waals surface area contributed by atoms with Crippen molar-refractivity contribution in [3.63, 3.8) is 0 Å². The van der Waals surface area contributed by atoms with Gasteiger partial charge in [0.1, 0.15) is 5.75 Å². The lowest BCUT2D eigenvalue weighted by molar-refractivity contribution is 0.174. The molecule has 0 aliphatic rings. The first-order valence-corrected chi connectivity index (χ1v) is 5.45. The van der Waals surface area contributed by atoms with Crippen LogP contribution in [0.4, 0.5) is 0 Å². The lowest BCUT2D eigenvalue weighted by atomic mass is 9.99. The van der Waals surface area contributed by atoms with E-state index in [1.54, 1.807) is 14.2 Å². The monoisotopic (exact) mass is 223 g/mol. The standard InChI is InChI=1S/C13H21NO2/c1-9-6-10(2)12(7-14-8-15-4)13(16-5)11(9)3/h6,14H,7-8H2,1-5H3. The first-order chi connectivity index (χ1) is 7.61. The number of ether oxygens (including phenoxy) is 2. The second-order valence-corrected chi connectivity index (χ2v) is 4.01. The Bertz CT molecular complexity index is 361. The molecule has 0 aliphatic heterocycles. The summed E-state index contributed by atoms with van der Waals surface area (Å²) < 4.78 is 10.5. The summed E-state index contributed by atoms with van der Waals surface area (Å²) in [6, 6.07) is 2.20. The normalized spacial score (nSPS) is 10.6. The van der Waals surface area contributed by atoms with Crippen LogP contribution in [0.5, 0.6) is 5.75 Å². The van der Waals surface area contributed by atoms with E-state index in [9.17, 15) is 0 Å². The van der Waals surface area contributed by atoms with E-state index in [4.69, 9.17) is 9.47 Å². The zero-order chi connectivity index (χ0) is 12.1. The summed E-state index contributed by atoms with van der Waals surface area (Å²) in [4.78, 5) is 0. The highest BCUT2D eigenvalue weighted by atomic mass is 16.5. The smallest absolute Gasteiger partial charge is 0.126 e. The van der Waals surface area contributed by atoms with Crippen LogP contribution in [0.25, 0.3) is 0 Å². The lowest BCUT2D eigenvalue weighted by Crippen LogP contribution is -2.17. The van der Waals surface area contributed by atoms with Crippen molar-refractivity contribution in [3.05, 3.63) is 28.3 Å². The number of rotatable bonds is 5. The molecule has 0 aromatic heterocycles. The molecule has 0 saturated carbocycles. The summed E-state index contributed by atoms with van der Waals surface area (Å²) in [6.07, 6.45) is 0. The van der Waals surface area contributed by atoms with E-state index in [2.05, 4.69) is 32.2 Å². The molecule has 0 unspecified atom stereocenters. The van der Waals surface area contributed by atoms with Crippen LogP contribution in [0.3, 0.4) is 0 Å². The fourth-order valence-corrected chi connectivity index (χ4v) is 1.88. The molecule has 1 aromatic rings. The molecule has 0 atom stereocenters. The highest BCUT2D eigenvalue weighted by Gasteiger charge is 2.11. The van der Waals surface area contributed by atoms with Gasteiger partial charge in [0.05, 0.1) is 13.8 Å². The second-order valence-electron chi connectivity index (χ2n) is 4.01. The molecular weight excluding hydrogens is 202 g/mol. The Kier molecular flexibility index (Phi) is 4.77. The molecule has 0 amide bonds. The van der Waals surface area contributed by atoms with Crippen LogP contribution >= 0.6 is 0 Å². The first-order valence-electron chi connectivity index (χ1n) is 5.45. The van der Waals surface area contributed by atoms with Crippen LogP contribution in [-0.4, -0.2) is 21.0 Å². The van der Waals surface area contributed by atoms with Crippen molar-refractivity contribution in [1.82, 2.24) is 5.32 Å². The van der Waals surface area contributed by atoms with Gasteiger partial charge in [0, 0.05) is 19.2 Å².